The second kappa shape index (κ2) is 5.42. The molecular formula is C12H16N2O3S2. The van der Waals surface area contributed by atoms with E-state index in [-0.39, 0.29) is 23.5 Å². The van der Waals surface area contributed by atoms with Crippen molar-refractivity contribution in [3.63, 3.8) is 0 Å². The van der Waals surface area contributed by atoms with Crippen molar-refractivity contribution in [2.24, 2.45) is 0 Å². The van der Waals surface area contributed by atoms with Crippen molar-refractivity contribution >= 4 is 33.2 Å². The van der Waals surface area contributed by atoms with Gasteiger partial charge in [-0.3, -0.25) is 4.79 Å². The molecule has 1 aliphatic heterocycles. The summed E-state index contributed by atoms with van der Waals surface area (Å²) in [4.78, 5) is 17.7. The summed E-state index contributed by atoms with van der Waals surface area (Å²) in [5, 5.41) is 2.82. The molecule has 0 radical (unpaired) electrons. The van der Waals surface area contributed by atoms with Gasteiger partial charge in [0.15, 0.2) is 9.84 Å². The van der Waals surface area contributed by atoms with Crippen LogP contribution in [0.2, 0.25) is 0 Å². The van der Waals surface area contributed by atoms with Crippen LogP contribution in [-0.4, -0.2) is 48.8 Å². The number of carbonyl (C=O) groups excluding carboxylic acids is 1. The summed E-state index contributed by atoms with van der Waals surface area (Å²) in [5.41, 5.74) is 0.753. The van der Waals surface area contributed by atoms with Crippen molar-refractivity contribution < 1.29 is 13.2 Å². The number of carbonyl (C=O) groups is 1. The Morgan fingerprint density at radius 1 is 1.58 bits per heavy atom. The van der Waals surface area contributed by atoms with Crippen molar-refractivity contribution in [1.29, 1.82) is 0 Å². The monoisotopic (exact) mass is 300 g/mol. The SMILES string of the molecule is Cc1nc(/C=C/C(=O)N(C)C2CCS(=O)(=O)C2)cs1. The van der Waals surface area contributed by atoms with Gasteiger partial charge in [0.25, 0.3) is 0 Å². The van der Waals surface area contributed by atoms with Gasteiger partial charge in [-0.25, -0.2) is 13.4 Å². The van der Waals surface area contributed by atoms with Crippen LogP contribution in [0, 0.1) is 6.92 Å². The molecule has 1 aliphatic rings. The van der Waals surface area contributed by atoms with E-state index >= 15 is 0 Å². The summed E-state index contributed by atoms with van der Waals surface area (Å²) in [6, 6.07) is -0.209. The van der Waals surface area contributed by atoms with Crippen molar-refractivity contribution in [3.8, 4) is 0 Å². The lowest BCUT2D eigenvalue weighted by Gasteiger charge is -2.21. The van der Waals surface area contributed by atoms with E-state index in [1.807, 2.05) is 12.3 Å². The quantitative estimate of drug-likeness (QED) is 0.784. The molecule has 1 amide bonds. The molecule has 0 bridgehead atoms. The van der Waals surface area contributed by atoms with Crippen LogP contribution in [0.1, 0.15) is 17.1 Å². The fourth-order valence-electron chi connectivity index (χ4n) is 1.99. The highest BCUT2D eigenvalue weighted by molar-refractivity contribution is 7.91. The van der Waals surface area contributed by atoms with Crippen LogP contribution in [0.4, 0.5) is 0 Å². The Labute approximate surface area is 116 Å². The molecule has 1 saturated heterocycles. The first-order valence-corrected chi connectivity index (χ1v) is 8.65. The number of hydrogen-bond donors (Lipinski definition) is 0. The third-order valence-electron chi connectivity index (χ3n) is 3.14. The maximum Gasteiger partial charge on any atom is 0.246 e. The molecule has 1 aromatic rings. The molecule has 0 spiro atoms. The zero-order valence-corrected chi connectivity index (χ0v) is 12.5. The van der Waals surface area contributed by atoms with Crippen molar-refractivity contribution in [2.45, 2.75) is 19.4 Å². The minimum Gasteiger partial charge on any atom is -0.338 e. The van der Waals surface area contributed by atoms with Gasteiger partial charge in [-0.1, -0.05) is 0 Å². The summed E-state index contributed by atoms with van der Waals surface area (Å²) in [6.07, 6.45) is 3.62. The van der Waals surface area contributed by atoms with Crippen molar-refractivity contribution in [2.75, 3.05) is 18.6 Å². The molecule has 1 atom stereocenters. The topological polar surface area (TPSA) is 67.3 Å². The lowest BCUT2D eigenvalue weighted by Crippen LogP contribution is -2.36. The molecule has 2 rings (SSSR count). The molecule has 19 heavy (non-hydrogen) atoms. The number of nitrogens with zero attached hydrogens (tertiary/aromatic N) is 2. The van der Waals surface area contributed by atoms with Gasteiger partial charge in [0.2, 0.25) is 5.91 Å². The second-order valence-electron chi connectivity index (χ2n) is 4.63. The molecular weight excluding hydrogens is 284 g/mol. The van der Waals surface area contributed by atoms with E-state index in [0.717, 1.165) is 10.7 Å². The van der Waals surface area contributed by atoms with Gasteiger partial charge < -0.3 is 4.90 Å². The summed E-state index contributed by atoms with van der Waals surface area (Å²) >= 11 is 1.52. The van der Waals surface area contributed by atoms with Crippen LogP contribution in [0.15, 0.2) is 11.5 Å². The third kappa shape index (κ3) is 3.63. The van der Waals surface area contributed by atoms with Gasteiger partial charge in [-0.05, 0) is 19.4 Å². The highest BCUT2D eigenvalue weighted by Gasteiger charge is 2.31. The van der Waals surface area contributed by atoms with Gasteiger partial charge in [-0.2, -0.15) is 0 Å². The number of thiazole rings is 1. The zero-order valence-electron chi connectivity index (χ0n) is 10.9. The van der Waals surface area contributed by atoms with Crippen LogP contribution in [0.25, 0.3) is 6.08 Å². The maximum absolute atomic E-state index is 11.9. The lowest BCUT2D eigenvalue weighted by atomic mass is 10.2. The summed E-state index contributed by atoms with van der Waals surface area (Å²) in [6.45, 7) is 1.90. The average Bonchev–Trinajstić information content (AvgIpc) is 2.91. The molecule has 0 aliphatic carbocycles. The Hall–Kier alpha value is -1.21. The molecule has 1 aromatic heterocycles. The summed E-state index contributed by atoms with van der Waals surface area (Å²) < 4.78 is 22.8. The fourth-order valence-corrected chi connectivity index (χ4v) is 4.35. The van der Waals surface area contributed by atoms with E-state index in [1.165, 1.54) is 22.3 Å². The average molecular weight is 300 g/mol. The Kier molecular flexibility index (Phi) is 4.05. The molecule has 0 saturated carbocycles. The minimum absolute atomic E-state index is 0.0683. The fraction of sp³-hybridized carbons (Fsp3) is 0.500. The number of aromatic nitrogens is 1. The van der Waals surface area contributed by atoms with Crippen molar-refractivity contribution in [3.05, 3.63) is 22.2 Å². The summed E-state index contributed by atoms with van der Waals surface area (Å²) in [7, 11) is -1.32. The molecule has 104 valence electrons. The molecule has 5 nitrogen and oxygen atoms in total. The predicted molar refractivity (Wildman–Crippen MR) is 75.7 cm³/mol. The molecule has 1 fully saturated rings. The van der Waals surface area contributed by atoms with Gasteiger partial charge in [0, 0.05) is 24.5 Å². The molecule has 7 heteroatoms. The van der Waals surface area contributed by atoms with Crippen LogP contribution in [-0.2, 0) is 14.6 Å². The van der Waals surface area contributed by atoms with E-state index in [2.05, 4.69) is 4.98 Å². The van der Waals surface area contributed by atoms with Gasteiger partial charge >= 0.3 is 0 Å². The highest BCUT2D eigenvalue weighted by atomic mass is 32.2. The van der Waals surface area contributed by atoms with Crippen LogP contribution in [0.5, 0.6) is 0 Å². The number of aryl methyl sites for hydroxylation is 1. The lowest BCUT2D eigenvalue weighted by molar-refractivity contribution is -0.126. The number of hydrogen-bond acceptors (Lipinski definition) is 5. The predicted octanol–water partition coefficient (Wildman–Crippen LogP) is 1.11. The second-order valence-corrected chi connectivity index (χ2v) is 7.92. The number of sulfone groups is 1. The standard InChI is InChI=1S/C12H16N2O3S2/c1-9-13-10(7-18-9)3-4-12(15)14(2)11-5-6-19(16,17)8-11/h3-4,7,11H,5-6,8H2,1-2H3/b4-3+. The largest absolute Gasteiger partial charge is 0.338 e. The first-order chi connectivity index (χ1) is 8.87. The normalized spacial score (nSPS) is 21.9. The van der Waals surface area contributed by atoms with E-state index in [9.17, 15) is 13.2 Å². The van der Waals surface area contributed by atoms with Crippen LogP contribution in [0.3, 0.4) is 0 Å². The van der Waals surface area contributed by atoms with Crippen LogP contribution >= 0.6 is 11.3 Å². The number of amides is 1. The molecule has 1 unspecified atom stereocenters. The number of likely N-dealkylation sites (N-methyl/N-ethyl adjacent to an activating group) is 1. The molecule has 2 heterocycles. The van der Waals surface area contributed by atoms with E-state index in [1.54, 1.807) is 13.1 Å². The Morgan fingerprint density at radius 2 is 2.32 bits per heavy atom. The van der Waals surface area contributed by atoms with E-state index < -0.39 is 9.84 Å². The zero-order chi connectivity index (χ0) is 14.0. The van der Waals surface area contributed by atoms with Gasteiger partial charge in [0.1, 0.15) is 0 Å². The Balaban J connectivity index is 1.98. The Bertz CT molecular complexity index is 604. The Morgan fingerprint density at radius 3 is 2.84 bits per heavy atom. The van der Waals surface area contributed by atoms with Gasteiger partial charge in [0.05, 0.1) is 22.2 Å². The first kappa shape index (κ1) is 14.2. The van der Waals surface area contributed by atoms with E-state index in [0.29, 0.717) is 6.42 Å². The van der Waals surface area contributed by atoms with E-state index in [4.69, 9.17) is 0 Å². The van der Waals surface area contributed by atoms with Gasteiger partial charge in [-0.15, -0.1) is 11.3 Å². The summed E-state index contributed by atoms with van der Waals surface area (Å²) in [5.74, 6) is 0.0520. The molecule has 0 aromatic carbocycles. The smallest absolute Gasteiger partial charge is 0.246 e. The maximum atomic E-state index is 11.9. The molecule has 0 N–H and O–H groups in total. The minimum atomic E-state index is -2.97. The van der Waals surface area contributed by atoms with Crippen LogP contribution < -0.4 is 0 Å². The number of rotatable bonds is 3. The van der Waals surface area contributed by atoms with Crippen molar-refractivity contribution in [1.82, 2.24) is 9.88 Å². The highest BCUT2D eigenvalue weighted by Crippen LogP contribution is 2.17. The third-order valence-corrected chi connectivity index (χ3v) is 5.68. The first-order valence-electron chi connectivity index (χ1n) is 5.95.